The number of carboxylic acids is 1. The fourth-order valence-electron chi connectivity index (χ4n) is 3.30. The molecule has 0 heterocycles. The molecule has 19 heavy (non-hydrogen) atoms. The highest BCUT2D eigenvalue weighted by Gasteiger charge is 2.32. The summed E-state index contributed by atoms with van der Waals surface area (Å²) in [5, 5.41) is 9.30. The van der Waals surface area contributed by atoms with Crippen LogP contribution in [0.1, 0.15) is 78.3 Å². The van der Waals surface area contributed by atoms with Crippen LogP contribution in [0, 0.1) is 5.82 Å². The van der Waals surface area contributed by atoms with Crippen LogP contribution in [0.3, 0.4) is 0 Å². The largest absolute Gasteiger partial charge is 0.478 e. The fourth-order valence-corrected chi connectivity index (χ4v) is 3.30. The molecule has 1 aromatic rings. The maximum atomic E-state index is 14.7. The minimum absolute atomic E-state index is 0.0959. The van der Waals surface area contributed by atoms with E-state index in [0.717, 1.165) is 44.1 Å². The Morgan fingerprint density at radius 2 is 1.74 bits per heavy atom. The lowest BCUT2D eigenvalue weighted by atomic mass is 9.80. The molecular formula is C16H19FO2. The van der Waals surface area contributed by atoms with Crippen LogP contribution >= 0.6 is 0 Å². The van der Waals surface area contributed by atoms with E-state index in [0.29, 0.717) is 11.5 Å². The first-order chi connectivity index (χ1) is 9.18. The third kappa shape index (κ3) is 2.38. The Labute approximate surface area is 112 Å². The number of aromatic carboxylic acids is 1. The van der Waals surface area contributed by atoms with Crippen molar-refractivity contribution in [3.63, 3.8) is 0 Å². The lowest BCUT2D eigenvalue weighted by Gasteiger charge is -2.24. The third-order valence-corrected chi connectivity index (χ3v) is 4.47. The lowest BCUT2D eigenvalue weighted by Crippen LogP contribution is -2.14. The summed E-state index contributed by atoms with van der Waals surface area (Å²) in [4.78, 5) is 11.3. The first-order valence-electron chi connectivity index (χ1n) is 7.24. The van der Waals surface area contributed by atoms with Crippen LogP contribution in [0.5, 0.6) is 0 Å². The highest BCUT2D eigenvalue weighted by Crippen LogP contribution is 2.44. The van der Waals surface area contributed by atoms with E-state index in [1.807, 2.05) is 0 Å². The van der Waals surface area contributed by atoms with Crippen molar-refractivity contribution in [1.29, 1.82) is 0 Å². The Kier molecular flexibility index (Phi) is 3.29. The van der Waals surface area contributed by atoms with Crippen molar-refractivity contribution in [1.82, 2.24) is 0 Å². The molecule has 0 unspecified atom stereocenters. The summed E-state index contributed by atoms with van der Waals surface area (Å²) in [6.45, 7) is 0. The first kappa shape index (κ1) is 12.6. The van der Waals surface area contributed by atoms with Crippen molar-refractivity contribution in [2.75, 3.05) is 0 Å². The van der Waals surface area contributed by atoms with E-state index in [-0.39, 0.29) is 17.3 Å². The van der Waals surface area contributed by atoms with Crippen molar-refractivity contribution in [2.45, 2.75) is 56.8 Å². The van der Waals surface area contributed by atoms with Gasteiger partial charge in [-0.05, 0) is 49.1 Å². The highest BCUT2D eigenvalue weighted by molar-refractivity contribution is 5.90. The van der Waals surface area contributed by atoms with Gasteiger partial charge in [-0.3, -0.25) is 0 Å². The first-order valence-corrected chi connectivity index (χ1v) is 7.24. The molecule has 2 aliphatic rings. The van der Waals surface area contributed by atoms with Gasteiger partial charge in [-0.25, -0.2) is 9.18 Å². The van der Waals surface area contributed by atoms with Crippen LogP contribution in [0.15, 0.2) is 12.1 Å². The molecule has 0 radical (unpaired) electrons. The van der Waals surface area contributed by atoms with Gasteiger partial charge in [0, 0.05) is 5.56 Å². The molecule has 3 heteroatoms. The Balaban J connectivity index is 2.06. The van der Waals surface area contributed by atoms with Crippen molar-refractivity contribution >= 4 is 5.97 Å². The maximum absolute atomic E-state index is 14.7. The average molecular weight is 262 g/mol. The molecule has 0 atom stereocenters. The predicted octanol–water partition coefficient (Wildman–Crippen LogP) is 4.45. The summed E-state index contributed by atoms with van der Waals surface area (Å²) < 4.78 is 14.7. The van der Waals surface area contributed by atoms with Crippen molar-refractivity contribution in [2.24, 2.45) is 0 Å². The van der Waals surface area contributed by atoms with E-state index >= 15 is 0 Å². The average Bonchev–Trinajstić information content (AvgIpc) is 3.23. The zero-order valence-electron chi connectivity index (χ0n) is 11.0. The molecule has 1 aromatic carbocycles. The Morgan fingerprint density at radius 3 is 2.32 bits per heavy atom. The Bertz CT molecular complexity index is 500. The summed E-state index contributed by atoms with van der Waals surface area (Å²) in [7, 11) is 0. The van der Waals surface area contributed by atoms with E-state index in [1.54, 1.807) is 12.1 Å². The van der Waals surface area contributed by atoms with E-state index in [2.05, 4.69) is 0 Å². The normalized spacial score (nSPS) is 20.5. The Hall–Kier alpha value is -1.38. The monoisotopic (exact) mass is 262 g/mol. The van der Waals surface area contributed by atoms with Gasteiger partial charge in [-0.2, -0.15) is 0 Å². The number of benzene rings is 1. The summed E-state index contributed by atoms with van der Waals surface area (Å²) in [6, 6.07) is 3.30. The topological polar surface area (TPSA) is 37.3 Å². The van der Waals surface area contributed by atoms with Gasteiger partial charge in [0.2, 0.25) is 0 Å². The van der Waals surface area contributed by atoms with Crippen molar-refractivity contribution in [3.8, 4) is 0 Å². The van der Waals surface area contributed by atoms with Crippen LogP contribution < -0.4 is 0 Å². The molecule has 0 amide bonds. The van der Waals surface area contributed by atoms with Gasteiger partial charge in [0.1, 0.15) is 5.82 Å². The number of carbonyl (C=O) groups is 1. The standard InChI is InChI=1S/C16H19FO2/c17-15-12(10-6-7-10)8-9-13(16(18)19)14(15)11-4-2-1-3-5-11/h8-11H,1-7H2,(H,18,19). The number of hydrogen-bond acceptors (Lipinski definition) is 1. The quantitative estimate of drug-likeness (QED) is 0.873. The molecule has 2 aliphatic carbocycles. The molecule has 0 bridgehead atoms. The number of rotatable bonds is 3. The molecule has 0 aliphatic heterocycles. The second-order valence-corrected chi connectivity index (χ2v) is 5.84. The number of halogens is 1. The van der Waals surface area contributed by atoms with Crippen LogP contribution in [-0.2, 0) is 0 Å². The number of hydrogen-bond donors (Lipinski definition) is 1. The van der Waals surface area contributed by atoms with E-state index in [1.165, 1.54) is 6.42 Å². The molecule has 2 fully saturated rings. The third-order valence-electron chi connectivity index (χ3n) is 4.47. The summed E-state index contributed by atoms with van der Waals surface area (Å²) >= 11 is 0. The molecule has 3 rings (SSSR count). The van der Waals surface area contributed by atoms with E-state index in [9.17, 15) is 14.3 Å². The summed E-state index contributed by atoms with van der Waals surface area (Å²) in [5.74, 6) is -0.806. The van der Waals surface area contributed by atoms with Gasteiger partial charge in [-0.1, -0.05) is 25.3 Å². The molecule has 0 saturated heterocycles. The highest BCUT2D eigenvalue weighted by atomic mass is 19.1. The van der Waals surface area contributed by atoms with Gasteiger partial charge in [0.15, 0.2) is 0 Å². The maximum Gasteiger partial charge on any atom is 0.336 e. The smallest absolute Gasteiger partial charge is 0.336 e. The van der Waals surface area contributed by atoms with Crippen LogP contribution in [0.25, 0.3) is 0 Å². The zero-order valence-corrected chi connectivity index (χ0v) is 11.0. The van der Waals surface area contributed by atoms with Crippen LogP contribution in [0.2, 0.25) is 0 Å². The Morgan fingerprint density at radius 1 is 1.05 bits per heavy atom. The van der Waals surface area contributed by atoms with E-state index in [4.69, 9.17) is 0 Å². The predicted molar refractivity (Wildman–Crippen MR) is 71.2 cm³/mol. The second kappa shape index (κ2) is 4.95. The van der Waals surface area contributed by atoms with Gasteiger partial charge in [0.25, 0.3) is 0 Å². The SMILES string of the molecule is O=C(O)c1ccc(C2CC2)c(F)c1C1CCCCC1. The zero-order chi connectivity index (χ0) is 13.4. The van der Waals surface area contributed by atoms with Gasteiger partial charge < -0.3 is 5.11 Å². The summed E-state index contributed by atoms with van der Waals surface area (Å²) in [5.41, 5.74) is 1.40. The van der Waals surface area contributed by atoms with E-state index < -0.39 is 5.97 Å². The number of carboxylic acid groups (broad SMARTS) is 1. The van der Waals surface area contributed by atoms with Crippen molar-refractivity contribution < 1.29 is 14.3 Å². The summed E-state index contributed by atoms with van der Waals surface area (Å²) in [6.07, 6.45) is 7.26. The molecule has 0 aromatic heterocycles. The van der Waals surface area contributed by atoms with Gasteiger partial charge >= 0.3 is 5.97 Å². The molecule has 2 saturated carbocycles. The van der Waals surface area contributed by atoms with Crippen LogP contribution in [0.4, 0.5) is 4.39 Å². The van der Waals surface area contributed by atoms with Crippen LogP contribution in [-0.4, -0.2) is 11.1 Å². The van der Waals surface area contributed by atoms with Gasteiger partial charge in [0.05, 0.1) is 5.56 Å². The lowest BCUT2D eigenvalue weighted by molar-refractivity contribution is 0.0694. The molecule has 2 nitrogen and oxygen atoms in total. The molecular weight excluding hydrogens is 243 g/mol. The van der Waals surface area contributed by atoms with Gasteiger partial charge in [-0.15, -0.1) is 0 Å². The second-order valence-electron chi connectivity index (χ2n) is 5.84. The molecule has 1 N–H and O–H groups in total. The van der Waals surface area contributed by atoms with Crippen molar-refractivity contribution in [3.05, 3.63) is 34.6 Å². The minimum Gasteiger partial charge on any atom is -0.478 e. The molecule has 0 spiro atoms. The fraction of sp³-hybridized carbons (Fsp3) is 0.562. The molecule has 102 valence electrons. The minimum atomic E-state index is -0.998.